The van der Waals surface area contributed by atoms with Crippen LogP contribution in [0.1, 0.15) is 12.0 Å². The molecule has 0 radical (unpaired) electrons. The van der Waals surface area contributed by atoms with Crippen molar-refractivity contribution in [3.63, 3.8) is 0 Å². The number of hydrazine groups is 1. The van der Waals surface area contributed by atoms with Crippen molar-refractivity contribution in [2.75, 3.05) is 6.54 Å². The average molecular weight is 257 g/mol. The molecule has 1 heterocycles. The molecule has 1 fully saturated rings. The Labute approximate surface area is 99.8 Å². The first kappa shape index (κ1) is 13.6. The van der Waals surface area contributed by atoms with Crippen molar-refractivity contribution < 1.29 is 17.8 Å². The largest absolute Gasteiger partial charge is 0.744 e. The number of amides is 1. The third-order valence-electron chi connectivity index (χ3n) is 2.01. The predicted molar refractivity (Wildman–Crippen MR) is 59.9 cm³/mol. The Kier molecular flexibility index (Phi) is 4.62. The summed E-state index contributed by atoms with van der Waals surface area (Å²) in [5.74, 6) is 0.0926. The average Bonchev–Trinajstić information content (AvgIpc) is 2.69. The van der Waals surface area contributed by atoms with E-state index in [2.05, 4.69) is 10.9 Å². The Bertz CT molecular complexity index is 474. The predicted octanol–water partition coefficient (Wildman–Crippen LogP) is -0.0900. The van der Waals surface area contributed by atoms with Crippen LogP contribution in [0.5, 0.6) is 0 Å². The molecule has 1 aliphatic rings. The Balaban J connectivity index is 0.000000202. The Morgan fingerprint density at radius 2 is 1.82 bits per heavy atom. The van der Waals surface area contributed by atoms with Gasteiger partial charge in [-0.2, -0.15) is 0 Å². The molecule has 0 atom stereocenters. The highest BCUT2D eigenvalue weighted by Gasteiger charge is 2.04. The number of benzene rings is 1. The summed E-state index contributed by atoms with van der Waals surface area (Å²) in [6.07, 6.45) is 0.625. The van der Waals surface area contributed by atoms with E-state index in [0.717, 1.165) is 12.1 Å². The van der Waals surface area contributed by atoms with Crippen LogP contribution in [0.4, 0.5) is 0 Å². The minimum Gasteiger partial charge on any atom is -0.744 e. The number of hydrogen-bond acceptors (Lipinski definition) is 5. The standard InChI is InChI=1S/C7H8O3S.C3H6N2O/c1-6-2-4-7(5-3-6)11(8,9)10;6-3-1-2-4-5-3/h2-5H,1H3,(H,8,9,10);4H,1-2H2,(H,5,6)/p-1. The van der Waals surface area contributed by atoms with E-state index in [1.54, 1.807) is 12.1 Å². The highest BCUT2D eigenvalue weighted by atomic mass is 32.2. The minimum atomic E-state index is -4.27. The third-order valence-corrected chi connectivity index (χ3v) is 2.86. The molecule has 6 nitrogen and oxygen atoms in total. The molecule has 0 spiro atoms. The van der Waals surface area contributed by atoms with Crippen LogP contribution in [0.25, 0.3) is 0 Å². The van der Waals surface area contributed by atoms with E-state index in [4.69, 9.17) is 0 Å². The molecule has 0 aliphatic carbocycles. The van der Waals surface area contributed by atoms with Gasteiger partial charge in [-0.25, -0.2) is 13.8 Å². The van der Waals surface area contributed by atoms with Crippen molar-refractivity contribution in [3.05, 3.63) is 29.8 Å². The van der Waals surface area contributed by atoms with Gasteiger partial charge in [0.2, 0.25) is 5.91 Å². The molecule has 0 unspecified atom stereocenters. The summed E-state index contributed by atoms with van der Waals surface area (Å²) >= 11 is 0. The summed E-state index contributed by atoms with van der Waals surface area (Å²) in [4.78, 5) is 9.89. The van der Waals surface area contributed by atoms with Crippen molar-refractivity contribution in [1.29, 1.82) is 0 Å². The lowest BCUT2D eigenvalue weighted by Gasteiger charge is -2.05. The fraction of sp³-hybridized carbons (Fsp3) is 0.300. The van der Waals surface area contributed by atoms with Crippen LogP contribution >= 0.6 is 0 Å². The second kappa shape index (κ2) is 5.76. The van der Waals surface area contributed by atoms with Crippen LogP contribution in [0.15, 0.2) is 29.2 Å². The number of rotatable bonds is 1. The molecule has 0 saturated carbocycles. The van der Waals surface area contributed by atoms with Gasteiger partial charge in [-0.1, -0.05) is 17.7 Å². The molecule has 0 aromatic heterocycles. The molecule has 2 N–H and O–H groups in total. The third kappa shape index (κ3) is 4.94. The molecule has 1 aliphatic heterocycles. The first-order valence-corrected chi connectivity index (χ1v) is 6.34. The SMILES string of the molecule is Cc1ccc(S(=O)(=O)[O-])cc1.O=C1CCNN1. The molecule has 1 aromatic rings. The van der Waals surface area contributed by atoms with Gasteiger partial charge in [-0.3, -0.25) is 10.2 Å². The van der Waals surface area contributed by atoms with Gasteiger partial charge in [0.25, 0.3) is 0 Å². The van der Waals surface area contributed by atoms with E-state index in [9.17, 15) is 17.8 Å². The van der Waals surface area contributed by atoms with Gasteiger partial charge in [0, 0.05) is 13.0 Å². The van der Waals surface area contributed by atoms with Crippen LogP contribution in [-0.2, 0) is 14.9 Å². The molecule has 1 amide bonds. The van der Waals surface area contributed by atoms with Crippen molar-refractivity contribution in [3.8, 4) is 0 Å². The maximum atomic E-state index is 10.4. The van der Waals surface area contributed by atoms with E-state index >= 15 is 0 Å². The van der Waals surface area contributed by atoms with Crippen molar-refractivity contribution in [2.45, 2.75) is 18.2 Å². The van der Waals surface area contributed by atoms with Crippen molar-refractivity contribution >= 4 is 16.0 Å². The molecule has 17 heavy (non-hydrogen) atoms. The first-order valence-electron chi connectivity index (χ1n) is 4.94. The molecule has 1 saturated heterocycles. The van der Waals surface area contributed by atoms with Gasteiger partial charge >= 0.3 is 0 Å². The topological polar surface area (TPSA) is 98.3 Å². The van der Waals surface area contributed by atoms with Gasteiger partial charge in [0.05, 0.1) is 4.90 Å². The van der Waals surface area contributed by atoms with Gasteiger partial charge in [-0.15, -0.1) is 0 Å². The fourth-order valence-electron chi connectivity index (χ4n) is 1.10. The second-order valence-corrected chi connectivity index (χ2v) is 4.87. The Morgan fingerprint density at radius 1 is 1.24 bits per heavy atom. The number of hydrogen-bond donors (Lipinski definition) is 2. The van der Waals surface area contributed by atoms with Gasteiger partial charge in [0.1, 0.15) is 10.1 Å². The zero-order chi connectivity index (χ0) is 12.9. The normalized spacial score (nSPS) is 14.8. The molecule has 0 bridgehead atoms. The molecular weight excluding hydrogens is 244 g/mol. The van der Waals surface area contributed by atoms with Gasteiger partial charge in [0.15, 0.2) is 0 Å². The van der Waals surface area contributed by atoms with E-state index in [-0.39, 0.29) is 10.8 Å². The van der Waals surface area contributed by atoms with Crippen LogP contribution in [0.3, 0.4) is 0 Å². The summed E-state index contributed by atoms with van der Waals surface area (Å²) < 4.78 is 31.2. The maximum Gasteiger partial charge on any atom is 0.235 e. The van der Waals surface area contributed by atoms with E-state index in [1.807, 2.05) is 6.92 Å². The number of aryl methyl sites for hydroxylation is 1. The van der Waals surface area contributed by atoms with Gasteiger partial charge < -0.3 is 4.55 Å². The monoisotopic (exact) mass is 257 g/mol. The molecule has 2 rings (SSSR count). The van der Waals surface area contributed by atoms with Crippen molar-refractivity contribution in [1.82, 2.24) is 10.9 Å². The molecular formula is C10H13N2O4S-. The lowest BCUT2D eigenvalue weighted by atomic mass is 10.2. The Morgan fingerprint density at radius 3 is 2.12 bits per heavy atom. The van der Waals surface area contributed by atoms with E-state index in [1.165, 1.54) is 12.1 Å². The number of nitrogens with one attached hydrogen (secondary N) is 2. The maximum absolute atomic E-state index is 10.4. The van der Waals surface area contributed by atoms with Crippen LogP contribution in [0, 0.1) is 6.92 Å². The molecule has 94 valence electrons. The fourth-order valence-corrected chi connectivity index (χ4v) is 1.57. The van der Waals surface area contributed by atoms with E-state index in [0.29, 0.717) is 6.42 Å². The number of carbonyl (C=O) groups is 1. The van der Waals surface area contributed by atoms with Gasteiger partial charge in [-0.05, 0) is 19.1 Å². The first-order chi connectivity index (χ1) is 7.89. The van der Waals surface area contributed by atoms with Crippen LogP contribution in [0.2, 0.25) is 0 Å². The summed E-state index contributed by atoms with van der Waals surface area (Å²) in [5.41, 5.74) is 6.03. The highest BCUT2D eigenvalue weighted by molar-refractivity contribution is 7.85. The lowest BCUT2D eigenvalue weighted by molar-refractivity contribution is -0.119. The Hall–Kier alpha value is -1.44. The van der Waals surface area contributed by atoms with Crippen molar-refractivity contribution in [2.24, 2.45) is 0 Å². The number of carbonyl (C=O) groups excluding carboxylic acids is 1. The highest BCUT2D eigenvalue weighted by Crippen LogP contribution is 2.08. The molecule has 1 aromatic carbocycles. The minimum absolute atomic E-state index is 0.0926. The molecule has 7 heteroatoms. The second-order valence-electron chi connectivity index (χ2n) is 3.49. The van der Waals surface area contributed by atoms with E-state index < -0.39 is 10.1 Å². The van der Waals surface area contributed by atoms with Crippen LogP contribution < -0.4 is 10.9 Å². The zero-order valence-corrected chi connectivity index (χ0v) is 10.1. The summed E-state index contributed by atoms with van der Waals surface area (Å²) in [7, 11) is -4.27. The smallest absolute Gasteiger partial charge is 0.235 e. The van der Waals surface area contributed by atoms with Crippen LogP contribution in [-0.4, -0.2) is 25.4 Å². The quantitative estimate of drug-likeness (QED) is 0.685. The zero-order valence-electron chi connectivity index (χ0n) is 9.26. The summed E-state index contributed by atoms with van der Waals surface area (Å²) in [6, 6.07) is 5.78. The summed E-state index contributed by atoms with van der Waals surface area (Å²) in [6.45, 7) is 2.60. The summed E-state index contributed by atoms with van der Waals surface area (Å²) in [5, 5.41) is 0. The lowest BCUT2D eigenvalue weighted by Crippen LogP contribution is -2.25.